The van der Waals surface area contributed by atoms with E-state index in [1.54, 1.807) is 20.8 Å². The summed E-state index contributed by atoms with van der Waals surface area (Å²) in [6.07, 6.45) is -5.97. The molecule has 0 aliphatic carbocycles. The van der Waals surface area contributed by atoms with Gasteiger partial charge in [0.2, 0.25) is 5.91 Å². The van der Waals surface area contributed by atoms with E-state index in [9.17, 15) is 36.0 Å². The summed E-state index contributed by atoms with van der Waals surface area (Å²) in [6, 6.07) is 12.3. The highest BCUT2D eigenvalue weighted by atomic mass is 32.2. The number of nitrogens with one attached hydrogen (secondary N) is 3. The Kier molecular flexibility index (Phi) is 12.5. The molecule has 270 valence electrons. The lowest BCUT2D eigenvalue weighted by molar-refractivity contribution is -0.241. The van der Waals surface area contributed by atoms with Crippen molar-refractivity contribution in [1.29, 1.82) is 5.41 Å². The van der Waals surface area contributed by atoms with E-state index in [0.717, 1.165) is 12.1 Å². The zero-order chi connectivity index (χ0) is 37.4. The van der Waals surface area contributed by atoms with Crippen molar-refractivity contribution in [3.63, 3.8) is 0 Å². The summed E-state index contributed by atoms with van der Waals surface area (Å²) in [5.74, 6) is -8.83. The van der Waals surface area contributed by atoms with Crippen molar-refractivity contribution in [2.75, 3.05) is 17.7 Å². The number of nitrogens with two attached hydrogens (primary N) is 1. The van der Waals surface area contributed by atoms with E-state index in [1.165, 1.54) is 62.4 Å². The molecule has 17 heteroatoms. The van der Waals surface area contributed by atoms with Gasteiger partial charge in [0.25, 0.3) is 0 Å². The zero-order valence-electron chi connectivity index (χ0n) is 27.8. The molecule has 1 atom stereocenters. The number of hydrogen-bond acceptors (Lipinski definition) is 10. The molecule has 3 aromatic rings. The lowest BCUT2D eigenvalue weighted by atomic mass is 10.0. The Bertz CT molecular complexity index is 1850. The summed E-state index contributed by atoms with van der Waals surface area (Å²) in [6.45, 7) is 7.07. The quantitative estimate of drug-likeness (QED) is 0.0747. The Balaban J connectivity index is 2.28. The summed E-state index contributed by atoms with van der Waals surface area (Å²) in [5, 5.41) is 12.5. The number of carbonyl (C=O) groups excluding carboxylic acids is 3. The van der Waals surface area contributed by atoms with Crippen molar-refractivity contribution in [3.8, 4) is 17.2 Å². The lowest BCUT2D eigenvalue weighted by Gasteiger charge is -2.33. The molecule has 50 heavy (non-hydrogen) atoms. The van der Waals surface area contributed by atoms with E-state index >= 15 is 0 Å². The van der Waals surface area contributed by atoms with Crippen LogP contribution in [0, 0.1) is 5.41 Å². The van der Waals surface area contributed by atoms with Crippen LogP contribution in [0.25, 0.3) is 0 Å². The van der Waals surface area contributed by atoms with Gasteiger partial charge in [-0.3, -0.25) is 15.0 Å². The van der Waals surface area contributed by atoms with Crippen LogP contribution in [0.3, 0.4) is 0 Å². The Morgan fingerprint density at radius 3 is 2.16 bits per heavy atom. The third-order valence-electron chi connectivity index (χ3n) is 6.72. The molecule has 3 aromatic carbocycles. The van der Waals surface area contributed by atoms with Crippen molar-refractivity contribution in [3.05, 3.63) is 77.4 Å². The van der Waals surface area contributed by atoms with Crippen molar-refractivity contribution >= 4 is 39.1 Å². The summed E-state index contributed by atoms with van der Waals surface area (Å²) in [7, 11) is -3.92. The SMILES string of the molecule is CCOc1cc(C(OC(=O)C(F)(F)F)(Oc2ccc(C(=N)N)cc2)C(=O)NCc2cc(NC(C)=O)ccc2S(=O)(=O)CC)ccc1OC(C)C. The molecule has 0 bridgehead atoms. The van der Waals surface area contributed by atoms with Gasteiger partial charge < -0.3 is 35.3 Å². The number of nitrogen functional groups attached to an aromatic ring is 1. The predicted octanol–water partition coefficient (Wildman–Crippen LogP) is 4.56. The molecule has 0 saturated heterocycles. The van der Waals surface area contributed by atoms with Gasteiger partial charge in [-0.25, -0.2) is 13.2 Å². The summed E-state index contributed by atoms with van der Waals surface area (Å²) in [5.41, 5.74) is 5.38. The van der Waals surface area contributed by atoms with Gasteiger partial charge >= 0.3 is 23.8 Å². The fourth-order valence-corrected chi connectivity index (χ4v) is 5.62. The number of alkyl halides is 3. The van der Waals surface area contributed by atoms with Crippen molar-refractivity contribution in [1.82, 2.24) is 5.32 Å². The van der Waals surface area contributed by atoms with Crippen LogP contribution >= 0.6 is 0 Å². The van der Waals surface area contributed by atoms with E-state index in [0.29, 0.717) is 0 Å². The van der Waals surface area contributed by atoms with Crippen molar-refractivity contribution < 1.29 is 54.9 Å². The predicted molar refractivity (Wildman–Crippen MR) is 176 cm³/mol. The smallest absolute Gasteiger partial charge is 0.490 e. The molecule has 1 unspecified atom stereocenters. The van der Waals surface area contributed by atoms with Crippen molar-refractivity contribution in [2.24, 2.45) is 5.73 Å². The fourth-order valence-electron chi connectivity index (χ4n) is 4.50. The highest BCUT2D eigenvalue weighted by Gasteiger charge is 2.54. The van der Waals surface area contributed by atoms with Crippen LogP contribution < -0.4 is 30.6 Å². The third-order valence-corrected chi connectivity index (χ3v) is 8.54. The van der Waals surface area contributed by atoms with Gasteiger partial charge in [-0.15, -0.1) is 0 Å². The number of benzene rings is 3. The largest absolute Gasteiger partial charge is 0.491 e. The van der Waals surface area contributed by atoms with E-state index in [4.69, 9.17) is 30.1 Å². The molecule has 3 rings (SSSR count). The number of amidine groups is 1. The summed E-state index contributed by atoms with van der Waals surface area (Å²) >= 11 is 0. The Morgan fingerprint density at radius 2 is 1.62 bits per heavy atom. The molecule has 0 spiro atoms. The molecule has 2 amide bonds. The number of esters is 1. The number of rotatable bonds is 15. The maximum atomic E-state index is 14.3. The minimum absolute atomic E-state index is 0.0335. The number of hydrogen-bond donors (Lipinski definition) is 4. The van der Waals surface area contributed by atoms with Crippen LogP contribution in [-0.2, 0) is 41.3 Å². The number of halogens is 3. The average molecular weight is 723 g/mol. The molecular weight excluding hydrogens is 685 g/mol. The van der Waals surface area contributed by atoms with E-state index in [1.807, 2.05) is 0 Å². The average Bonchev–Trinajstić information content (AvgIpc) is 3.03. The van der Waals surface area contributed by atoms with Crippen LogP contribution in [0.5, 0.6) is 17.2 Å². The number of sulfone groups is 1. The first-order chi connectivity index (χ1) is 23.3. The van der Waals surface area contributed by atoms with Crippen molar-refractivity contribution in [2.45, 2.75) is 64.1 Å². The van der Waals surface area contributed by atoms with Crippen LogP contribution in [0.15, 0.2) is 65.6 Å². The van der Waals surface area contributed by atoms with E-state index in [2.05, 4.69) is 10.6 Å². The number of ether oxygens (including phenoxy) is 4. The second kappa shape index (κ2) is 15.9. The molecule has 0 fully saturated rings. The third kappa shape index (κ3) is 9.64. The summed E-state index contributed by atoms with van der Waals surface area (Å²) in [4.78, 5) is 38.3. The second-order valence-corrected chi connectivity index (χ2v) is 13.1. The van der Waals surface area contributed by atoms with Crippen LogP contribution in [0.2, 0.25) is 0 Å². The Labute approximate surface area is 286 Å². The topological polar surface area (TPSA) is 196 Å². The highest BCUT2D eigenvalue weighted by molar-refractivity contribution is 7.91. The minimum Gasteiger partial charge on any atom is -0.490 e. The first-order valence-corrected chi connectivity index (χ1v) is 16.8. The second-order valence-electron chi connectivity index (χ2n) is 10.9. The first kappa shape index (κ1) is 39.1. The normalized spacial score (nSPS) is 12.7. The maximum absolute atomic E-state index is 14.3. The maximum Gasteiger partial charge on any atom is 0.491 e. The number of amides is 2. The zero-order valence-corrected chi connectivity index (χ0v) is 28.6. The monoisotopic (exact) mass is 722 g/mol. The van der Waals surface area contributed by atoms with Crippen LogP contribution in [-0.4, -0.2) is 56.7 Å². The Hall–Kier alpha value is -5.32. The molecule has 0 heterocycles. The molecular formula is C33H37F3N4O9S. The molecule has 0 radical (unpaired) electrons. The van der Waals surface area contributed by atoms with Gasteiger partial charge in [0, 0.05) is 24.7 Å². The van der Waals surface area contributed by atoms with Gasteiger partial charge in [-0.05, 0) is 87.0 Å². The lowest BCUT2D eigenvalue weighted by Crippen LogP contribution is -2.53. The number of carbonyl (C=O) groups is 3. The summed E-state index contributed by atoms with van der Waals surface area (Å²) < 4.78 is 89.5. The fraction of sp³-hybridized carbons (Fsp3) is 0.333. The van der Waals surface area contributed by atoms with Crippen LogP contribution in [0.4, 0.5) is 18.9 Å². The molecule has 0 aliphatic heterocycles. The van der Waals surface area contributed by atoms with E-state index in [-0.39, 0.29) is 63.3 Å². The molecule has 0 saturated carbocycles. The van der Waals surface area contributed by atoms with Crippen LogP contribution in [0.1, 0.15) is 51.3 Å². The molecule has 13 nitrogen and oxygen atoms in total. The standard InChI is InChI=1S/C33H37F3N4O9S/c1-6-46-27-17-23(10-14-26(27)47-19(3)4)32(49-31(43)33(34,35)36,48-25-12-8-21(9-13-25)29(37)38)30(42)39-18-22-16-24(40-20(5)41)11-15-28(22)50(44,45)7-2/h8-17,19H,6-7,18H2,1-5H3,(H3,37,38)(H,39,42)(H,40,41). The number of anilines is 1. The van der Waals surface area contributed by atoms with Gasteiger partial charge in [0.15, 0.2) is 21.3 Å². The molecule has 0 aliphatic rings. The Morgan fingerprint density at radius 1 is 0.960 bits per heavy atom. The van der Waals surface area contributed by atoms with Gasteiger partial charge in [-0.2, -0.15) is 13.2 Å². The molecule has 5 N–H and O–H groups in total. The van der Waals surface area contributed by atoms with Gasteiger partial charge in [-0.1, -0.05) is 6.92 Å². The molecule has 0 aromatic heterocycles. The van der Waals surface area contributed by atoms with Gasteiger partial charge in [0.1, 0.15) is 11.6 Å². The first-order valence-electron chi connectivity index (χ1n) is 15.1. The van der Waals surface area contributed by atoms with Gasteiger partial charge in [0.05, 0.1) is 28.9 Å². The minimum atomic E-state index is -5.61. The highest BCUT2D eigenvalue weighted by Crippen LogP contribution is 2.39. The van der Waals surface area contributed by atoms with E-state index < -0.39 is 51.7 Å².